The van der Waals surface area contributed by atoms with Crippen LogP contribution in [0.25, 0.3) is 10.9 Å². The average Bonchev–Trinajstić information content (AvgIpc) is 3.27. The SMILES string of the molecule is c1cnc2ccc(CN3CCC(c4cncc(Nc5nccs5)n4)CC3)cc2c1. The molecular weight excluding hydrogens is 380 g/mol. The summed E-state index contributed by atoms with van der Waals surface area (Å²) in [5, 5.41) is 7.24. The molecule has 0 unspecified atom stereocenters. The molecule has 0 bridgehead atoms. The summed E-state index contributed by atoms with van der Waals surface area (Å²) in [6.45, 7) is 3.12. The van der Waals surface area contributed by atoms with E-state index in [1.807, 2.05) is 23.8 Å². The van der Waals surface area contributed by atoms with Crippen LogP contribution in [0.5, 0.6) is 0 Å². The Morgan fingerprint density at radius 2 is 2.00 bits per heavy atom. The maximum Gasteiger partial charge on any atom is 0.188 e. The van der Waals surface area contributed by atoms with Crippen molar-refractivity contribution in [2.45, 2.75) is 25.3 Å². The lowest BCUT2D eigenvalue weighted by Crippen LogP contribution is -2.32. The minimum absolute atomic E-state index is 0.456. The van der Waals surface area contributed by atoms with Gasteiger partial charge in [-0.1, -0.05) is 12.1 Å². The molecule has 1 aromatic carbocycles. The smallest absolute Gasteiger partial charge is 0.188 e. The number of nitrogens with one attached hydrogen (secondary N) is 1. The van der Waals surface area contributed by atoms with Crippen LogP contribution in [0.2, 0.25) is 0 Å². The minimum Gasteiger partial charge on any atom is -0.315 e. The standard InChI is InChI=1S/C22H22N6S/c1-2-18-12-16(3-4-19(18)24-7-1)15-28-9-5-17(6-10-28)20-13-23-14-21(26-20)27-22-25-8-11-29-22/h1-4,7-8,11-14,17H,5-6,9-10,15H2,(H,25,26,27). The third-order valence-corrected chi connectivity index (χ3v) is 6.09. The van der Waals surface area contributed by atoms with Crippen molar-refractivity contribution in [3.8, 4) is 0 Å². The number of benzene rings is 1. The number of hydrogen-bond acceptors (Lipinski definition) is 7. The predicted octanol–water partition coefficient (Wildman–Crippen LogP) is 4.60. The maximum absolute atomic E-state index is 4.78. The second kappa shape index (κ2) is 8.23. The Morgan fingerprint density at radius 1 is 1.07 bits per heavy atom. The molecule has 3 aromatic heterocycles. The predicted molar refractivity (Wildman–Crippen MR) is 116 cm³/mol. The van der Waals surface area contributed by atoms with Gasteiger partial charge in [-0.3, -0.25) is 14.9 Å². The number of aromatic nitrogens is 4. The first-order valence-corrected chi connectivity index (χ1v) is 10.8. The highest BCUT2D eigenvalue weighted by Crippen LogP contribution is 2.28. The number of nitrogens with zero attached hydrogens (tertiary/aromatic N) is 5. The van der Waals surface area contributed by atoms with Crippen molar-refractivity contribution in [3.05, 3.63) is 71.8 Å². The van der Waals surface area contributed by atoms with Gasteiger partial charge in [0.05, 0.1) is 17.4 Å². The van der Waals surface area contributed by atoms with Crippen LogP contribution in [0, 0.1) is 0 Å². The molecule has 0 radical (unpaired) electrons. The van der Waals surface area contributed by atoms with E-state index >= 15 is 0 Å². The molecule has 0 aliphatic carbocycles. The van der Waals surface area contributed by atoms with E-state index in [2.05, 4.69) is 49.4 Å². The summed E-state index contributed by atoms with van der Waals surface area (Å²) >= 11 is 1.56. The van der Waals surface area contributed by atoms with Gasteiger partial charge in [-0.2, -0.15) is 0 Å². The Hall–Kier alpha value is -2.90. The van der Waals surface area contributed by atoms with Gasteiger partial charge >= 0.3 is 0 Å². The van der Waals surface area contributed by atoms with Gasteiger partial charge in [-0.05, 0) is 49.7 Å². The highest BCUT2D eigenvalue weighted by atomic mass is 32.1. The zero-order valence-electron chi connectivity index (χ0n) is 16.0. The van der Waals surface area contributed by atoms with Crippen LogP contribution in [0.3, 0.4) is 0 Å². The van der Waals surface area contributed by atoms with E-state index in [0.717, 1.165) is 54.6 Å². The summed E-state index contributed by atoms with van der Waals surface area (Å²) < 4.78 is 0. The number of likely N-dealkylation sites (tertiary alicyclic amines) is 1. The fourth-order valence-electron chi connectivity index (χ4n) is 3.90. The molecule has 1 N–H and O–H groups in total. The fourth-order valence-corrected chi connectivity index (χ4v) is 4.44. The van der Waals surface area contributed by atoms with E-state index in [-0.39, 0.29) is 0 Å². The second-order valence-corrected chi connectivity index (χ2v) is 8.27. The van der Waals surface area contributed by atoms with E-state index in [1.165, 1.54) is 10.9 Å². The lowest BCUT2D eigenvalue weighted by Gasteiger charge is -2.31. The van der Waals surface area contributed by atoms with E-state index in [4.69, 9.17) is 4.98 Å². The lowest BCUT2D eigenvalue weighted by atomic mass is 9.93. The van der Waals surface area contributed by atoms with Crippen molar-refractivity contribution >= 4 is 33.2 Å². The van der Waals surface area contributed by atoms with Crippen molar-refractivity contribution in [3.63, 3.8) is 0 Å². The Balaban J connectivity index is 1.21. The van der Waals surface area contributed by atoms with Gasteiger partial charge in [-0.15, -0.1) is 11.3 Å². The van der Waals surface area contributed by atoms with Crippen LogP contribution >= 0.6 is 11.3 Å². The number of rotatable bonds is 5. The van der Waals surface area contributed by atoms with Crippen LogP contribution in [0.15, 0.2) is 60.5 Å². The molecule has 146 valence electrons. The van der Waals surface area contributed by atoms with Crippen molar-refractivity contribution in [2.75, 3.05) is 18.4 Å². The first kappa shape index (κ1) is 18.1. The van der Waals surface area contributed by atoms with Gasteiger partial charge < -0.3 is 5.32 Å². The van der Waals surface area contributed by atoms with Gasteiger partial charge in [0, 0.05) is 41.8 Å². The first-order chi connectivity index (χ1) is 14.3. The zero-order valence-corrected chi connectivity index (χ0v) is 16.8. The Labute approximate surface area is 173 Å². The molecule has 1 fully saturated rings. The highest BCUT2D eigenvalue weighted by molar-refractivity contribution is 7.13. The molecule has 0 saturated carbocycles. The third-order valence-electron chi connectivity index (χ3n) is 5.40. The number of thiazole rings is 1. The van der Waals surface area contributed by atoms with Gasteiger partial charge in [-0.25, -0.2) is 9.97 Å². The Kier molecular flexibility index (Phi) is 5.15. The van der Waals surface area contributed by atoms with Crippen LogP contribution in [-0.2, 0) is 6.54 Å². The summed E-state index contributed by atoms with van der Waals surface area (Å²) in [4.78, 5) is 20.4. The maximum atomic E-state index is 4.78. The lowest BCUT2D eigenvalue weighted by molar-refractivity contribution is 0.203. The molecule has 1 aliphatic heterocycles. The Morgan fingerprint density at radius 3 is 2.86 bits per heavy atom. The molecule has 6 nitrogen and oxygen atoms in total. The largest absolute Gasteiger partial charge is 0.315 e. The van der Waals surface area contributed by atoms with Gasteiger partial charge in [0.2, 0.25) is 0 Å². The molecular formula is C22H22N6S. The summed E-state index contributed by atoms with van der Waals surface area (Å²) in [5.74, 6) is 1.22. The molecule has 0 spiro atoms. The van der Waals surface area contributed by atoms with E-state index in [1.54, 1.807) is 23.7 Å². The monoisotopic (exact) mass is 402 g/mol. The number of pyridine rings is 1. The number of fused-ring (bicyclic) bond motifs is 1. The first-order valence-electron chi connectivity index (χ1n) is 9.88. The van der Waals surface area contributed by atoms with E-state index in [0.29, 0.717) is 5.92 Å². The number of anilines is 2. The van der Waals surface area contributed by atoms with Crippen LogP contribution < -0.4 is 5.32 Å². The summed E-state index contributed by atoms with van der Waals surface area (Å²) in [5.41, 5.74) is 3.47. The van der Waals surface area contributed by atoms with Crippen LogP contribution in [0.1, 0.15) is 30.0 Å². The average molecular weight is 403 g/mol. The van der Waals surface area contributed by atoms with Crippen molar-refractivity contribution < 1.29 is 0 Å². The van der Waals surface area contributed by atoms with Crippen molar-refractivity contribution in [2.24, 2.45) is 0 Å². The zero-order chi connectivity index (χ0) is 19.5. The number of piperidine rings is 1. The molecule has 1 aliphatic rings. The molecule has 4 aromatic rings. The summed E-state index contributed by atoms with van der Waals surface area (Å²) in [6.07, 6.45) is 9.50. The van der Waals surface area contributed by atoms with E-state index in [9.17, 15) is 0 Å². The van der Waals surface area contributed by atoms with Crippen LogP contribution in [-0.4, -0.2) is 37.9 Å². The molecule has 7 heteroatoms. The second-order valence-electron chi connectivity index (χ2n) is 7.37. The van der Waals surface area contributed by atoms with E-state index < -0.39 is 0 Å². The molecule has 0 amide bonds. The number of hydrogen-bond donors (Lipinski definition) is 1. The topological polar surface area (TPSA) is 66.8 Å². The van der Waals surface area contributed by atoms with Crippen molar-refractivity contribution in [1.82, 2.24) is 24.8 Å². The molecule has 29 heavy (non-hydrogen) atoms. The third kappa shape index (κ3) is 4.26. The summed E-state index contributed by atoms with van der Waals surface area (Å²) in [6, 6.07) is 10.7. The quantitative estimate of drug-likeness (QED) is 0.526. The minimum atomic E-state index is 0.456. The van der Waals surface area contributed by atoms with Crippen LogP contribution in [0.4, 0.5) is 10.9 Å². The molecule has 1 saturated heterocycles. The molecule has 4 heterocycles. The van der Waals surface area contributed by atoms with Gasteiger partial charge in [0.1, 0.15) is 0 Å². The highest BCUT2D eigenvalue weighted by Gasteiger charge is 2.22. The molecule has 5 rings (SSSR count). The Bertz CT molecular complexity index is 1090. The van der Waals surface area contributed by atoms with Gasteiger partial charge in [0.15, 0.2) is 10.9 Å². The summed E-state index contributed by atoms with van der Waals surface area (Å²) in [7, 11) is 0. The fraction of sp³-hybridized carbons (Fsp3) is 0.273. The molecule has 0 atom stereocenters. The normalized spacial score (nSPS) is 15.6. The van der Waals surface area contributed by atoms with Crippen molar-refractivity contribution in [1.29, 1.82) is 0 Å². The van der Waals surface area contributed by atoms with Gasteiger partial charge in [0.25, 0.3) is 0 Å².